The molecule has 2 aliphatic rings. The summed E-state index contributed by atoms with van der Waals surface area (Å²) < 4.78 is 7.13. The fraction of sp³-hybridized carbons (Fsp3) is 0.0328. The molecule has 0 amide bonds. The van der Waals surface area contributed by atoms with Crippen LogP contribution in [0.2, 0.25) is 0 Å². The summed E-state index contributed by atoms with van der Waals surface area (Å²) in [7, 11) is 0. The van der Waals surface area contributed by atoms with Crippen molar-refractivity contribution in [3.05, 3.63) is 246 Å². The van der Waals surface area contributed by atoms with Gasteiger partial charge in [-0.25, -0.2) is 15.0 Å². The molecule has 0 N–H and O–H groups in total. The first kappa shape index (κ1) is 37.1. The minimum atomic E-state index is -0.0376. The molecule has 0 saturated heterocycles. The molecule has 0 radical (unpaired) electrons. The van der Waals surface area contributed by atoms with Gasteiger partial charge in [-0.05, 0) is 60.3 Å². The van der Waals surface area contributed by atoms with Crippen molar-refractivity contribution in [2.24, 2.45) is 11.8 Å². The molecule has 2 aliphatic carbocycles. The highest BCUT2D eigenvalue weighted by Gasteiger charge is 2.35. The third kappa shape index (κ3) is 5.95. The van der Waals surface area contributed by atoms with Crippen molar-refractivity contribution >= 4 is 54.6 Å². The lowest BCUT2D eigenvalue weighted by Gasteiger charge is -2.32. The van der Waals surface area contributed by atoms with Crippen LogP contribution in [0.15, 0.2) is 229 Å². The van der Waals surface area contributed by atoms with E-state index in [1.165, 1.54) is 49.4 Å². The average Bonchev–Trinajstić information content (AvgIpc) is 3.77. The second-order valence-corrected chi connectivity index (χ2v) is 16.9. The van der Waals surface area contributed by atoms with E-state index in [-0.39, 0.29) is 11.8 Å². The standard InChI is InChI=1S/C61H39N3O/c1-4-20-38(21-5-1)53-41-26-10-12-28-43(41)55(44-29-13-11-27-42(44)53)50-35-18-36-51-56-49(34-19-37-52(56)65-58(50)51)54-45-30-14-16-32-47(45)57(48-33-17-15-31-46(48)54)61-63-59(39-22-6-2-7-23-39)62-60(64-61)40-24-8-3-9-25-40/h1-37,45,47H. The lowest BCUT2D eigenvalue weighted by atomic mass is 9.71. The van der Waals surface area contributed by atoms with Crippen LogP contribution in [0.5, 0.6) is 0 Å². The van der Waals surface area contributed by atoms with E-state index in [4.69, 9.17) is 19.4 Å². The van der Waals surface area contributed by atoms with Gasteiger partial charge in [0, 0.05) is 50.4 Å². The van der Waals surface area contributed by atoms with Crippen LogP contribution < -0.4 is 10.4 Å². The Morgan fingerprint density at radius 3 is 1.38 bits per heavy atom. The summed E-state index contributed by atoms with van der Waals surface area (Å²) in [5, 5.41) is 9.33. The van der Waals surface area contributed by atoms with E-state index in [9.17, 15) is 0 Å². The number of hydrogen-bond donors (Lipinski definition) is 0. The largest absolute Gasteiger partial charge is 0.455 e. The van der Waals surface area contributed by atoms with Gasteiger partial charge in [-0.15, -0.1) is 0 Å². The predicted octanol–water partition coefficient (Wildman–Crippen LogP) is 13.5. The smallest absolute Gasteiger partial charge is 0.164 e. The van der Waals surface area contributed by atoms with Crippen molar-refractivity contribution in [2.45, 2.75) is 0 Å². The zero-order chi connectivity index (χ0) is 42.8. The molecule has 11 aromatic rings. The molecule has 65 heavy (non-hydrogen) atoms. The third-order valence-corrected chi connectivity index (χ3v) is 13.3. The Kier molecular flexibility index (Phi) is 8.63. The Balaban J connectivity index is 1.08. The summed E-state index contributed by atoms with van der Waals surface area (Å²) in [5.74, 6) is 1.96. The van der Waals surface area contributed by atoms with Gasteiger partial charge in [0.05, 0.1) is 0 Å². The van der Waals surface area contributed by atoms with E-state index in [0.717, 1.165) is 54.6 Å². The van der Waals surface area contributed by atoms with Crippen LogP contribution in [0.1, 0.15) is 11.4 Å². The number of aromatic nitrogens is 3. The molecule has 9 aromatic carbocycles. The first-order valence-corrected chi connectivity index (χ1v) is 22.3. The van der Waals surface area contributed by atoms with Crippen molar-refractivity contribution in [1.82, 2.24) is 15.0 Å². The highest BCUT2D eigenvalue weighted by Crippen LogP contribution is 2.48. The number of nitrogens with zero attached hydrogens (tertiary/aromatic N) is 3. The van der Waals surface area contributed by atoms with Crippen LogP contribution in [0.25, 0.3) is 99.7 Å². The van der Waals surface area contributed by atoms with Crippen molar-refractivity contribution in [2.75, 3.05) is 0 Å². The topological polar surface area (TPSA) is 51.8 Å². The minimum absolute atomic E-state index is 0.000772. The quantitative estimate of drug-likeness (QED) is 0.157. The molecular formula is C61H39N3O. The molecule has 4 heteroatoms. The summed E-state index contributed by atoms with van der Waals surface area (Å²) in [5.41, 5.74) is 11.9. The zero-order valence-corrected chi connectivity index (χ0v) is 35.3. The first-order valence-electron chi connectivity index (χ1n) is 22.3. The Bertz CT molecular complexity index is 3770. The van der Waals surface area contributed by atoms with Crippen LogP contribution in [0, 0.1) is 11.8 Å². The molecule has 2 heterocycles. The Morgan fingerprint density at radius 2 is 0.785 bits per heavy atom. The zero-order valence-electron chi connectivity index (χ0n) is 35.3. The maximum atomic E-state index is 7.13. The second-order valence-electron chi connectivity index (χ2n) is 16.9. The van der Waals surface area contributed by atoms with Gasteiger partial charge >= 0.3 is 0 Å². The fourth-order valence-corrected chi connectivity index (χ4v) is 10.6. The molecule has 0 spiro atoms. The van der Waals surface area contributed by atoms with Crippen molar-refractivity contribution < 1.29 is 4.42 Å². The van der Waals surface area contributed by atoms with Crippen molar-refractivity contribution in [3.63, 3.8) is 0 Å². The second kappa shape index (κ2) is 15.1. The van der Waals surface area contributed by atoms with Crippen LogP contribution in [0.3, 0.4) is 0 Å². The molecule has 4 nitrogen and oxygen atoms in total. The molecule has 2 atom stereocenters. The number of para-hydroxylation sites is 1. The predicted molar refractivity (Wildman–Crippen MR) is 266 cm³/mol. The maximum absolute atomic E-state index is 7.13. The van der Waals surface area contributed by atoms with E-state index < -0.39 is 0 Å². The van der Waals surface area contributed by atoms with Crippen LogP contribution >= 0.6 is 0 Å². The van der Waals surface area contributed by atoms with E-state index in [0.29, 0.717) is 17.5 Å². The molecule has 304 valence electrons. The van der Waals surface area contributed by atoms with Crippen molar-refractivity contribution in [1.29, 1.82) is 0 Å². The Morgan fingerprint density at radius 1 is 0.338 bits per heavy atom. The van der Waals surface area contributed by atoms with Gasteiger partial charge in [-0.3, -0.25) is 0 Å². The van der Waals surface area contributed by atoms with Gasteiger partial charge in [-0.1, -0.05) is 218 Å². The molecule has 2 aromatic heterocycles. The maximum Gasteiger partial charge on any atom is 0.164 e. The SMILES string of the molecule is C1=CC2C(c3nc(-c4ccccc4)nc(-c4ccccc4)n3)=c3ccccc3=C(c3cccc4oc5c(-c6c7ccccc7c(-c7ccccc7)c7ccccc67)cccc5c34)C2C=C1. The number of benzene rings is 9. The minimum Gasteiger partial charge on any atom is -0.455 e. The molecule has 0 fully saturated rings. The number of hydrogen-bond acceptors (Lipinski definition) is 4. The highest BCUT2D eigenvalue weighted by molar-refractivity contribution is 6.24. The summed E-state index contributed by atoms with van der Waals surface area (Å²) in [6, 6.07) is 70.9. The average molecular weight is 830 g/mol. The lowest BCUT2D eigenvalue weighted by Crippen LogP contribution is -2.40. The lowest BCUT2D eigenvalue weighted by molar-refractivity contribution is 0.669. The normalized spacial score (nSPS) is 15.5. The fourth-order valence-electron chi connectivity index (χ4n) is 10.6. The van der Waals surface area contributed by atoms with Crippen LogP contribution in [-0.4, -0.2) is 15.0 Å². The number of rotatable bonds is 6. The Hall–Kier alpha value is -8.47. The van der Waals surface area contributed by atoms with Gasteiger partial charge in [0.1, 0.15) is 11.2 Å². The number of furan rings is 1. The van der Waals surface area contributed by atoms with Gasteiger partial charge in [-0.2, -0.15) is 0 Å². The van der Waals surface area contributed by atoms with Gasteiger partial charge in [0.2, 0.25) is 0 Å². The van der Waals surface area contributed by atoms with Gasteiger partial charge < -0.3 is 4.42 Å². The van der Waals surface area contributed by atoms with E-state index in [1.54, 1.807) is 0 Å². The summed E-state index contributed by atoms with van der Waals surface area (Å²) in [4.78, 5) is 15.6. The number of allylic oxidation sites excluding steroid dienone is 4. The molecule has 0 aliphatic heterocycles. The number of fused-ring (bicyclic) bond motifs is 7. The van der Waals surface area contributed by atoms with Crippen LogP contribution in [-0.2, 0) is 0 Å². The van der Waals surface area contributed by atoms with Gasteiger partial charge in [0.25, 0.3) is 0 Å². The molecule has 0 saturated carbocycles. The molecule has 0 bridgehead atoms. The summed E-state index contributed by atoms with van der Waals surface area (Å²) >= 11 is 0. The summed E-state index contributed by atoms with van der Waals surface area (Å²) in [6.45, 7) is 0. The summed E-state index contributed by atoms with van der Waals surface area (Å²) in [6.07, 6.45) is 9.03. The van der Waals surface area contributed by atoms with Crippen LogP contribution in [0.4, 0.5) is 0 Å². The monoisotopic (exact) mass is 829 g/mol. The van der Waals surface area contributed by atoms with E-state index >= 15 is 0 Å². The molecule has 13 rings (SSSR count). The highest BCUT2D eigenvalue weighted by atomic mass is 16.3. The molecular weight excluding hydrogens is 791 g/mol. The molecule has 2 unspecified atom stereocenters. The van der Waals surface area contributed by atoms with E-state index in [2.05, 4.69) is 188 Å². The van der Waals surface area contributed by atoms with Gasteiger partial charge in [0.15, 0.2) is 17.5 Å². The Labute approximate surface area is 375 Å². The first-order chi connectivity index (χ1) is 32.3. The van der Waals surface area contributed by atoms with E-state index in [1.807, 2.05) is 36.4 Å². The van der Waals surface area contributed by atoms with Crippen molar-refractivity contribution in [3.8, 4) is 45.0 Å². The third-order valence-electron chi connectivity index (χ3n) is 13.3.